The van der Waals surface area contributed by atoms with Crippen molar-refractivity contribution in [2.45, 2.75) is 26.2 Å². The molecule has 0 aromatic rings. The molecule has 0 unspecified atom stereocenters. The summed E-state index contributed by atoms with van der Waals surface area (Å²) in [7, 11) is 0. The van der Waals surface area contributed by atoms with Crippen molar-refractivity contribution in [1.82, 2.24) is 0 Å². The molecule has 0 saturated heterocycles. The Morgan fingerprint density at radius 1 is 0.600 bits per heavy atom. The molecule has 0 aliphatic rings. The Balaban J connectivity index is 3.14. The predicted molar refractivity (Wildman–Crippen MR) is 163 cm³/mol. The molecular weight excluding hydrogens is 589 g/mol. The maximum atomic E-state index is 11.8. The molecule has 0 rings (SSSR count). The van der Waals surface area contributed by atoms with Gasteiger partial charge in [0, 0.05) is 49.1 Å². The first-order chi connectivity index (χ1) is 17.3. The molecule has 0 heterocycles. The van der Waals surface area contributed by atoms with Gasteiger partial charge in [0.05, 0.1) is 39.5 Å². The Morgan fingerprint density at radius 3 is 1.80 bits per heavy atom. The number of hydrogen-bond acceptors (Lipinski definition) is 14. The van der Waals surface area contributed by atoms with Crippen molar-refractivity contribution in [3.8, 4) is 0 Å². The van der Waals surface area contributed by atoms with Crippen molar-refractivity contribution in [1.29, 1.82) is 0 Å². The summed E-state index contributed by atoms with van der Waals surface area (Å²) in [6.07, 6.45) is 2.42. The van der Waals surface area contributed by atoms with E-state index >= 15 is 0 Å². The van der Waals surface area contributed by atoms with Crippen molar-refractivity contribution in [2.75, 3.05) is 94.5 Å². The lowest BCUT2D eigenvalue weighted by molar-refractivity contribution is -0.290. The minimum atomic E-state index is -0.0971. The van der Waals surface area contributed by atoms with Crippen LogP contribution in [0.15, 0.2) is 0 Å². The predicted octanol–water partition coefficient (Wildman–Crippen LogP) is 5.57. The number of ether oxygens (including phenoxy) is 1. The molecule has 0 amide bonds. The fourth-order valence-electron chi connectivity index (χ4n) is 1.87. The van der Waals surface area contributed by atoms with Crippen LogP contribution in [0, 0.1) is 0 Å². The fraction of sp³-hybridized carbons (Fsp3) is 0.952. The van der Waals surface area contributed by atoms with Gasteiger partial charge in [-0.2, -0.15) is 35.3 Å². The van der Waals surface area contributed by atoms with Crippen LogP contribution < -0.4 is 0 Å². The quantitative estimate of drug-likeness (QED) is 0.0353. The highest BCUT2D eigenvalue weighted by molar-refractivity contribution is 8.23. The first kappa shape index (κ1) is 36.7. The van der Waals surface area contributed by atoms with Gasteiger partial charge in [-0.25, -0.2) is 19.6 Å². The zero-order valence-electron chi connectivity index (χ0n) is 20.7. The first-order valence-corrected chi connectivity index (χ1v) is 19.7. The van der Waals surface area contributed by atoms with E-state index in [9.17, 15) is 4.79 Å². The summed E-state index contributed by atoms with van der Waals surface area (Å²) < 4.78 is 5.30. The van der Waals surface area contributed by atoms with E-state index in [1.165, 1.54) is 0 Å². The van der Waals surface area contributed by atoms with Crippen molar-refractivity contribution in [3.05, 3.63) is 0 Å². The SMILES string of the molecule is CCCOOCCSCSCSCCOC(=O)CCSCSCSCCCOOCCSCCO. The number of thioether (sulfide) groups is 7. The molecular formula is C21H42O7S7. The molecule has 0 aromatic heterocycles. The van der Waals surface area contributed by atoms with Crippen molar-refractivity contribution in [2.24, 2.45) is 0 Å². The Hall–Kier alpha value is 1.72. The van der Waals surface area contributed by atoms with E-state index in [0.29, 0.717) is 39.5 Å². The van der Waals surface area contributed by atoms with Gasteiger partial charge in [0.2, 0.25) is 0 Å². The number of carbonyl (C=O) groups is 1. The molecule has 0 saturated carbocycles. The minimum Gasteiger partial charge on any atom is -0.465 e. The molecule has 0 bridgehead atoms. The van der Waals surface area contributed by atoms with Crippen LogP contribution in [0.4, 0.5) is 0 Å². The lowest BCUT2D eigenvalue weighted by Crippen LogP contribution is -2.08. The van der Waals surface area contributed by atoms with Gasteiger partial charge in [-0.05, 0) is 18.6 Å². The van der Waals surface area contributed by atoms with Crippen LogP contribution in [-0.4, -0.2) is 106 Å². The monoisotopic (exact) mass is 630 g/mol. The van der Waals surface area contributed by atoms with E-state index in [1.807, 2.05) is 47.0 Å². The molecule has 0 radical (unpaired) electrons. The Bertz CT molecular complexity index is 429. The molecule has 35 heavy (non-hydrogen) atoms. The van der Waals surface area contributed by atoms with Crippen molar-refractivity contribution >= 4 is 88.3 Å². The van der Waals surface area contributed by atoms with Crippen molar-refractivity contribution in [3.63, 3.8) is 0 Å². The summed E-state index contributed by atoms with van der Waals surface area (Å²) in [6.45, 7) is 5.21. The van der Waals surface area contributed by atoms with Gasteiger partial charge in [0.15, 0.2) is 0 Å². The van der Waals surface area contributed by atoms with Crippen LogP contribution in [0.3, 0.4) is 0 Å². The molecule has 7 nitrogen and oxygen atoms in total. The van der Waals surface area contributed by atoms with E-state index in [1.54, 1.807) is 35.3 Å². The molecule has 0 aliphatic carbocycles. The van der Waals surface area contributed by atoms with Gasteiger partial charge in [0.1, 0.15) is 6.61 Å². The highest BCUT2D eigenvalue weighted by atomic mass is 32.2. The molecule has 0 fully saturated rings. The third kappa shape index (κ3) is 33.7. The maximum absolute atomic E-state index is 11.8. The molecule has 210 valence electrons. The summed E-state index contributed by atoms with van der Waals surface area (Å²) in [5.74, 6) is 5.13. The largest absolute Gasteiger partial charge is 0.465 e. The molecule has 0 atom stereocenters. The highest BCUT2D eigenvalue weighted by Crippen LogP contribution is 2.19. The summed E-state index contributed by atoms with van der Waals surface area (Å²) in [5, 5.41) is 12.7. The minimum absolute atomic E-state index is 0.0971. The average molecular weight is 631 g/mol. The first-order valence-electron chi connectivity index (χ1n) is 11.6. The van der Waals surface area contributed by atoms with Crippen LogP contribution in [0.2, 0.25) is 0 Å². The van der Waals surface area contributed by atoms with Crippen LogP contribution in [0.5, 0.6) is 0 Å². The second kappa shape index (κ2) is 33.7. The number of hydrogen-bond donors (Lipinski definition) is 1. The normalized spacial score (nSPS) is 11.3. The zero-order valence-corrected chi connectivity index (χ0v) is 26.4. The third-order valence-corrected chi connectivity index (χ3v) is 11.7. The Kier molecular flexibility index (Phi) is 35.4. The van der Waals surface area contributed by atoms with E-state index in [-0.39, 0.29) is 12.6 Å². The number of rotatable bonds is 30. The van der Waals surface area contributed by atoms with Gasteiger partial charge >= 0.3 is 5.97 Å². The van der Waals surface area contributed by atoms with Crippen LogP contribution in [-0.2, 0) is 29.1 Å². The van der Waals surface area contributed by atoms with Crippen molar-refractivity contribution < 1.29 is 34.2 Å². The number of carbonyl (C=O) groups excluding carboxylic acids is 1. The average Bonchev–Trinajstić information content (AvgIpc) is 2.86. The van der Waals surface area contributed by atoms with Gasteiger partial charge in [0.25, 0.3) is 0 Å². The Morgan fingerprint density at radius 2 is 1.14 bits per heavy atom. The molecule has 14 heteroatoms. The van der Waals surface area contributed by atoms with Gasteiger partial charge < -0.3 is 9.84 Å². The number of aliphatic hydroxyl groups is 1. The van der Waals surface area contributed by atoms with E-state index in [0.717, 1.165) is 67.7 Å². The summed E-state index contributed by atoms with van der Waals surface area (Å²) in [6, 6.07) is 0. The molecule has 0 spiro atoms. The topological polar surface area (TPSA) is 83.5 Å². The highest BCUT2D eigenvalue weighted by Gasteiger charge is 2.03. The van der Waals surface area contributed by atoms with Crippen LogP contribution in [0.1, 0.15) is 26.2 Å². The maximum Gasteiger partial charge on any atom is 0.306 e. The lowest BCUT2D eigenvalue weighted by Gasteiger charge is -2.06. The lowest BCUT2D eigenvalue weighted by atomic mass is 10.5. The van der Waals surface area contributed by atoms with Gasteiger partial charge in [-0.15, -0.1) is 47.0 Å². The summed E-state index contributed by atoms with van der Waals surface area (Å²) in [4.78, 5) is 32.0. The van der Waals surface area contributed by atoms with Gasteiger partial charge in [-0.1, -0.05) is 6.92 Å². The second-order valence-corrected chi connectivity index (χ2v) is 15.5. The second-order valence-electron chi connectivity index (χ2n) is 6.46. The zero-order chi connectivity index (χ0) is 25.5. The third-order valence-electron chi connectivity index (χ3n) is 3.44. The smallest absolute Gasteiger partial charge is 0.306 e. The molecule has 0 aliphatic heterocycles. The number of esters is 1. The summed E-state index contributed by atoms with van der Waals surface area (Å²) >= 11 is 12.7. The number of aliphatic hydroxyl groups excluding tert-OH is 1. The van der Waals surface area contributed by atoms with Crippen LogP contribution in [0.25, 0.3) is 0 Å². The fourth-order valence-corrected chi connectivity index (χ4v) is 8.95. The molecule has 1 N–H and O–H groups in total. The summed E-state index contributed by atoms with van der Waals surface area (Å²) in [5.41, 5.74) is 0. The van der Waals surface area contributed by atoms with E-state index in [2.05, 4.69) is 6.92 Å². The standard InChI is InChI=1S/C21H42O7S7/c1-2-6-25-27-10-16-33-20-35-19-32-14-8-24-21(23)4-12-31-18-34-17-30-11-3-7-26-28-9-15-29-13-5-22/h22H,2-20H2,1H3. The van der Waals surface area contributed by atoms with E-state index < -0.39 is 0 Å². The molecule has 0 aromatic carbocycles. The Labute approximate surface area is 241 Å². The van der Waals surface area contributed by atoms with Gasteiger partial charge in [-0.3, -0.25) is 4.79 Å². The van der Waals surface area contributed by atoms with E-state index in [4.69, 9.17) is 29.4 Å². The van der Waals surface area contributed by atoms with Crippen LogP contribution >= 0.6 is 82.3 Å².